The Balaban J connectivity index is 1.68. The highest BCUT2D eigenvalue weighted by Crippen LogP contribution is 2.21. The van der Waals surface area contributed by atoms with Crippen LogP contribution in [-0.4, -0.2) is 42.6 Å². The van der Waals surface area contributed by atoms with E-state index in [9.17, 15) is 4.79 Å². The van der Waals surface area contributed by atoms with Crippen LogP contribution in [-0.2, 0) is 0 Å². The van der Waals surface area contributed by atoms with E-state index in [1.54, 1.807) is 0 Å². The van der Waals surface area contributed by atoms with Crippen LogP contribution < -0.4 is 10.6 Å². The standard InChI is InChI=1S/C17H33N3O/c1-13-9-14(2)11-20(10-13)12-15(3)18-17(21)19-16-7-5-4-6-8-16/h13-16H,4-12H2,1-3H3,(H2,18,19,21)/t13-,14-,15-/m1/s1. The zero-order valence-corrected chi connectivity index (χ0v) is 14.0. The summed E-state index contributed by atoms with van der Waals surface area (Å²) < 4.78 is 0. The van der Waals surface area contributed by atoms with E-state index in [-0.39, 0.29) is 12.1 Å². The number of hydrogen-bond donors (Lipinski definition) is 2. The van der Waals surface area contributed by atoms with Crippen LogP contribution in [0.5, 0.6) is 0 Å². The van der Waals surface area contributed by atoms with Crippen LogP contribution in [0.2, 0.25) is 0 Å². The SMILES string of the molecule is C[C@@H]1C[C@@H](C)CN(C[C@@H](C)NC(=O)NC2CCCCC2)C1. The van der Waals surface area contributed by atoms with E-state index in [0.29, 0.717) is 6.04 Å². The summed E-state index contributed by atoms with van der Waals surface area (Å²) in [6.07, 6.45) is 7.45. The van der Waals surface area contributed by atoms with Gasteiger partial charge in [-0.1, -0.05) is 33.1 Å². The summed E-state index contributed by atoms with van der Waals surface area (Å²) in [5.41, 5.74) is 0. The molecule has 0 aromatic heterocycles. The van der Waals surface area contributed by atoms with Crippen molar-refractivity contribution < 1.29 is 4.79 Å². The van der Waals surface area contributed by atoms with Crippen molar-refractivity contribution in [3.8, 4) is 0 Å². The zero-order valence-electron chi connectivity index (χ0n) is 14.0. The van der Waals surface area contributed by atoms with Gasteiger partial charge in [0.05, 0.1) is 0 Å². The van der Waals surface area contributed by atoms with Gasteiger partial charge in [-0.25, -0.2) is 4.79 Å². The van der Waals surface area contributed by atoms with Gasteiger partial charge in [0, 0.05) is 31.7 Å². The molecule has 1 saturated carbocycles. The number of rotatable bonds is 4. The molecule has 122 valence electrons. The van der Waals surface area contributed by atoms with Gasteiger partial charge >= 0.3 is 6.03 Å². The molecule has 0 spiro atoms. The average Bonchev–Trinajstić information content (AvgIpc) is 2.37. The molecule has 1 saturated heterocycles. The lowest BCUT2D eigenvalue weighted by Crippen LogP contribution is -2.51. The number of urea groups is 1. The van der Waals surface area contributed by atoms with Crippen molar-refractivity contribution in [1.29, 1.82) is 0 Å². The monoisotopic (exact) mass is 295 g/mol. The lowest BCUT2D eigenvalue weighted by molar-refractivity contribution is 0.131. The van der Waals surface area contributed by atoms with Crippen molar-refractivity contribution in [3.63, 3.8) is 0 Å². The lowest BCUT2D eigenvalue weighted by Gasteiger charge is -2.36. The van der Waals surface area contributed by atoms with Crippen LogP contribution in [0.1, 0.15) is 59.3 Å². The highest BCUT2D eigenvalue weighted by molar-refractivity contribution is 5.74. The van der Waals surface area contributed by atoms with Crippen molar-refractivity contribution in [3.05, 3.63) is 0 Å². The molecule has 1 aliphatic carbocycles. The average molecular weight is 295 g/mol. The first-order valence-corrected chi connectivity index (χ1v) is 8.82. The van der Waals surface area contributed by atoms with Crippen LogP contribution in [0, 0.1) is 11.8 Å². The fourth-order valence-electron chi connectivity index (χ4n) is 4.07. The summed E-state index contributed by atoms with van der Waals surface area (Å²) in [7, 11) is 0. The summed E-state index contributed by atoms with van der Waals surface area (Å²) >= 11 is 0. The van der Waals surface area contributed by atoms with Gasteiger partial charge in [-0.3, -0.25) is 0 Å². The molecule has 2 N–H and O–H groups in total. The van der Waals surface area contributed by atoms with Crippen LogP contribution in [0.25, 0.3) is 0 Å². The number of carbonyl (C=O) groups excluding carboxylic acids is 1. The molecule has 0 unspecified atom stereocenters. The van der Waals surface area contributed by atoms with E-state index in [1.807, 2.05) is 0 Å². The summed E-state index contributed by atoms with van der Waals surface area (Å²) in [6.45, 7) is 10.1. The predicted octanol–water partition coefficient (Wildman–Crippen LogP) is 2.98. The van der Waals surface area contributed by atoms with Gasteiger partial charge in [0.15, 0.2) is 0 Å². The Morgan fingerprint density at radius 3 is 2.38 bits per heavy atom. The molecule has 2 fully saturated rings. The van der Waals surface area contributed by atoms with Crippen molar-refractivity contribution in [2.75, 3.05) is 19.6 Å². The molecule has 0 aromatic carbocycles. The normalized spacial score (nSPS) is 29.9. The molecular formula is C17H33N3O. The first-order chi connectivity index (χ1) is 10.0. The minimum Gasteiger partial charge on any atom is -0.335 e. The van der Waals surface area contributed by atoms with Gasteiger partial charge in [0.1, 0.15) is 0 Å². The Labute approximate surface area is 130 Å². The molecule has 2 rings (SSSR count). The molecule has 2 aliphatic rings. The van der Waals surface area contributed by atoms with E-state index >= 15 is 0 Å². The maximum absolute atomic E-state index is 12.1. The van der Waals surface area contributed by atoms with Gasteiger partial charge in [-0.15, -0.1) is 0 Å². The molecule has 4 nitrogen and oxygen atoms in total. The largest absolute Gasteiger partial charge is 0.335 e. The minimum atomic E-state index is 0.0208. The Bertz CT molecular complexity index is 318. The maximum atomic E-state index is 12.1. The van der Waals surface area contributed by atoms with Gasteiger partial charge in [0.25, 0.3) is 0 Å². The fourth-order valence-corrected chi connectivity index (χ4v) is 4.07. The van der Waals surface area contributed by atoms with Crippen LogP contribution in [0.15, 0.2) is 0 Å². The number of piperidine rings is 1. The van der Waals surface area contributed by atoms with Crippen molar-refractivity contribution in [2.24, 2.45) is 11.8 Å². The third-order valence-electron chi connectivity index (χ3n) is 4.79. The van der Waals surface area contributed by atoms with Crippen LogP contribution in [0.3, 0.4) is 0 Å². The minimum absolute atomic E-state index is 0.0208. The maximum Gasteiger partial charge on any atom is 0.315 e. The highest BCUT2D eigenvalue weighted by Gasteiger charge is 2.23. The number of nitrogens with zero attached hydrogens (tertiary/aromatic N) is 1. The number of nitrogens with one attached hydrogen (secondary N) is 2. The Morgan fingerprint density at radius 1 is 1.14 bits per heavy atom. The molecule has 4 heteroatoms. The molecule has 21 heavy (non-hydrogen) atoms. The third kappa shape index (κ3) is 5.85. The summed E-state index contributed by atoms with van der Waals surface area (Å²) in [5, 5.41) is 6.25. The predicted molar refractivity (Wildman–Crippen MR) is 87.4 cm³/mol. The van der Waals surface area contributed by atoms with Gasteiger partial charge < -0.3 is 15.5 Å². The van der Waals surface area contributed by atoms with E-state index < -0.39 is 0 Å². The van der Waals surface area contributed by atoms with Gasteiger partial charge in [0.2, 0.25) is 0 Å². The second-order valence-corrected chi connectivity index (χ2v) is 7.52. The zero-order chi connectivity index (χ0) is 15.2. The summed E-state index contributed by atoms with van der Waals surface area (Å²) in [6, 6.07) is 0.625. The topological polar surface area (TPSA) is 44.4 Å². The molecule has 1 aliphatic heterocycles. The molecule has 3 atom stereocenters. The highest BCUT2D eigenvalue weighted by atomic mass is 16.2. The Kier molecular flexibility index (Phi) is 6.34. The lowest BCUT2D eigenvalue weighted by atomic mass is 9.92. The number of likely N-dealkylation sites (tertiary alicyclic amines) is 1. The van der Waals surface area contributed by atoms with Gasteiger partial charge in [-0.05, 0) is 38.0 Å². The van der Waals surface area contributed by atoms with E-state index in [1.165, 1.54) is 38.8 Å². The molecule has 2 amide bonds. The van der Waals surface area contributed by atoms with Gasteiger partial charge in [-0.2, -0.15) is 0 Å². The van der Waals surface area contributed by atoms with E-state index in [2.05, 4.69) is 36.3 Å². The molecule has 0 aromatic rings. The number of amides is 2. The van der Waals surface area contributed by atoms with Crippen LogP contribution >= 0.6 is 0 Å². The van der Waals surface area contributed by atoms with Crippen molar-refractivity contribution in [2.45, 2.75) is 71.4 Å². The second-order valence-electron chi connectivity index (χ2n) is 7.52. The number of carbonyl (C=O) groups is 1. The molecule has 0 bridgehead atoms. The van der Waals surface area contributed by atoms with E-state index in [4.69, 9.17) is 0 Å². The van der Waals surface area contributed by atoms with Crippen molar-refractivity contribution in [1.82, 2.24) is 15.5 Å². The smallest absolute Gasteiger partial charge is 0.315 e. The number of hydrogen-bond acceptors (Lipinski definition) is 2. The Morgan fingerprint density at radius 2 is 1.76 bits per heavy atom. The second kappa shape index (κ2) is 8.02. The third-order valence-corrected chi connectivity index (χ3v) is 4.79. The fraction of sp³-hybridized carbons (Fsp3) is 0.941. The van der Waals surface area contributed by atoms with E-state index in [0.717, 1.165) is 31.2 Å². The first-order valence-electron chi connectivity index (χ1n) is 8.82. The van der Waals surface area contributed by atoms with Crippen LogP contribution in [0.4, 0.5) is 4.79 Å². The quantitative estimate of drug-likeness (QED) is 0.837. The summed E-state index contributed by atoms with van der Waals surface area (Å²) in [4.78, 5) is 14.6. The molecular weight excluding hydrogens is 262 g/mol. The first kappa shape index (κ1) is 16.6. The molecule has 1 heterocycles. The van der Waals surface area contributed by atoms with Crippen molar-refractivity contribution >= 4 is 6.03 Å². The summed E-state index contributed by atoms with van der Waals surface area (Å²) in [5.74, 6) is 1.55. The Hall–Kier alpha value is -0.770. The molecule has 0 radical (unpaired) electrons.